The smallest absolute Gasteiger partial charge is 0.293 e. The molecule has 186 valence electrons. The monoisotopic (exact) mass is 492 g/mol. The quantitative estimate of drug-likeness (QED) is 0.199. The predicted molar refractivity (Wildman–Crippen MR) is 132 cm³/mol. The van der Waals surface area contributed by atoms with Crippen LogP contribution in [-0.2, 0) is 11.2 Å². The number of nitrogens with one attached hydrogen (secondary N) is 5. The third kappa shape index (κ3) is 4.40. The lowest BCUT2D eigenvalue weighted by molar-refractivity contribution is -0.383. The molecule has 4 aromatic rings. The van der Waals surface area contributed by atoms with E-state index in [1.807, 2.05) is 0 Å². The Hall–Kier alpha value is -4.25. The van der Waals surface area contributed by atoms with Crippen LogP contribution in [0.2, 0.25) is 0 Å². The zero-order valence-electron chi connectivity index (χ0n) is 19.3. The lowest BCUT2D eigenvalue weighted by Gasteiger charge is -2.36. The number of non-ortho nitro benzene ring substituents is 1. The lowest BCUT2D eigenvalue weighted by Crippen LogP contribution is -2.63. The molecule has 0 bridgehead atoms. The van der Waals surface area contributed by atoms with E-state index in [-0.39, 0.29) is 28.6 Å². The standard InChI is InChI=1S/C25H25FN6O4/c26-17-4-5-19-18(13-17)16(14-29-19)6-9-28-24(34)25(7-10-27-11-8-25)31-23(33)20-12-15-2-1-3-21(32(35)36)22(15)30-20/h1-5,12-14,27,29-30H,6-11H2,(H,28,34)(H,31,33). The van der Waals surface area contributed by atoms with Gasteiger partial charge in [-0.1, -0.05) is 12.1 Å². The van der Waals surface area contributed by atoms with E-state index in [4.69, 9.17) is 0 Å². The first kappa shape index (κ1) is 23.5. The molecule has 0 saturated carbocycles. The number of aromatic nitrogens is 2. The van der Waals surface area contributed by atoms with Gasteiger partial charge in [-0.05, 0) is 62.2 Å². The molecule has 36 heavy (non-hydrogen) atoms. The first-order valence-electron chi connectivity index (χ1n) is 11.7. The van der Waals surface area contributed by atoms with Crippen LogP contribution in [0, 0.1) is 15.9 Å². The summed E-state index contributed by atoms with van der Waals surface area (Å²) in [6, 6.07) is 10.7. The van der Waals surface area contributed by atoms with Crippen LogP contribution in [0.25, 0.3) is 21.8 Å². The van der Waals surface area contributed by atoms with Gasteiger partial charge in [-0.15, -0.1) is 0 Å². The summed E-state index contributed by atoms with van der Waals surface area (Å²) in [5.74, 6) is -1.14. The van der Waals surface area contributed by atoms with Crippen molar-refractivity contribution >= 4 is 39.3 Å². The van der Waals surface area contributed by atoms with Crippen LogP contribution in [0.5, 0.6) is 0 Å². The first-order valence-corrected chi connectivity index (χ1v) is 11.7. The summed E-state index contributed by atoms with van der Waals surface area (Å²) < 4.78 is 13.7. The SMILES string of the molecule is O=C(NC1(C(=O)NCCc2c[nH]c3ccc(F)cc23)CCNCC1)c1cc2cccc([N+](=O)[O-])c2[nH]1. The van der Waals surface area contributed by atoms with Crippen LogP contribution in [0.4, 0.5) is 10.1 Å². The fraction of sp³-hybridized carbons (Fsp3) is 0.280. The van der Waals surface area contributed by atoms with Crippen LogP contribution < -0.4 is 16.0 Å². The molecule has 11 heteroatoms. The second kappa shape index (κ2) is 9.42. The van der Waals surface area contributed by atoms with Gasteiger partial charge in [0, 0.05) is 35.1 Å². The van der Waals surface area contributed by atoms with Crippen LogP contribution in [0.15, 0.2) is 48.7 Å². The summed E-state index contributed by atoms with van der Waals surface area (Å²) in [4.78, 5) is 43.2. The number of hydrogen-bond donors (Lipinski definition) is 5. The maximum atomic E-state index is 13.7. The number of para-hydroxylation sites is 1. The van der Waals surface area contributed by atoms with Crippen LogP contribution in [0.1, 0.15) is 28.9 Å². The number of aromatic amines is 2. The lowest BCUT2D eigenvalue weighted by atomic mass is 9.87. The average Bonchev–Trinajstić information content (AvgIpc) is 3.48. The molecular formula is C25H25FN6O4. The summed E-state index contributed by atoms with van der Waals surface area (Å²) in [7, 11) is 0. The molecule has 2 amide bonds. The fourth-order valence-corrected chi connectivity index (χ4v) is 4.80. The number of halogens is 1. The van der Waals surface area contributed by atoms with Gasteiger partial charge in [-0.3, -0.25) is 19.7 Å². The molecule has 0 unspecified atom stereocenters. The molecule has 0 radical (unpaired) electrons. The molecule has 2 aromatic heterocycles. The van der Waals surface area contributed by atoms with E-state index in [9.17, 15) is 24.1 Å². The molecule has 0 atom stereocenters. The van der Waals surface area contributed by atoms with E-state index >= 15 is 0 Å². The van der Waals surface area contributed by atoms with Gasteiger partial charge in [0.05, 0.1) is 4.92 Å². The third-order valence-electron chi connectivity index (χ3n) is 6.73. The molecule has 1 aliphatic rings. The van der Waals surface area contributed by atoms with Crippen LogP contribution in [-0.4, -0.2) is 51.9 Å². The molecule has 1 fully saturated rings. The minimum absolute atomic E-state index is 0.127. The third-order valence-corrected chi connectivity index (χ3v) is 6.73. The van der Waals surface area contributed by atoms with Crippen molar-refractivity contribution in [3.05, 3.63) is 75.9 Å². The number of benzene rings is 2. The van der Waals surface area contributed by atoms with E-state index in [2.05, 4.69) is 25.9 Å². The van der Waals surface area contributed by atoms with Gasteiger partial charge in [-0.25, -0.2) is 4.39 Å². The number of hydrogen-bond acceptors (Lipinski definition) is 5. The fourth-order valence-electron chi connectivity index (χ4n) is 4.80. The Bertz CT molecular complexity index is 1470. The number of nitrogens with zero attached hydrogens (tertiary/aromatic N) is 1. The second-order valence-electron chi connectivity index (χ2n) is 8.98. The predicted octanol–water partition coefficient (Wildman–Crippen LogP) is 2.91. The number of H-pyrrole nitrogens is 2. The maximum absolute atomic E-state index is 13.7. The van der Waals surface area contributed by atoms with Crippen molar-refractivity contribution in [2.45, 2.75) is 24.8 Å². The summed E-state index contributed by atoms with van der Waals surface area (Å²) in [5, 5.41) is 21.7. The summed E-state index contributed by atoms with van der Waals surface area (Å²) >= 11 is 0. The van der Waals surface area contributed by atoms with Crippen LogP contribution in [0.3, 0.4) is 0 Å². The molecular weight excluding hydrogens is 467 g/mol. The van der Waals surface area contributed by atoms with E-state index < -0.39 is 16.4 Å². The zero-order valence-corrected chi connectivity index (χ0v) is 19.3. The Labute approximate surface area is 204 Å². The van der Waals surface area contributed by atoms with E-state index in [1.54, 1.807) is 30.5 Å². The normalized spacial score (nSPS) is 15.1. The highest BCUT2D eigenvalue weighted by Crippen LogP contribution is 2.26. The Morgan fingerprint density at radius 1 is 1.14 bits per heavy atom. The second-order valence-corrected chi connectivity index (χ2v) is 8.98. The molecule has 3 heterocycles. The van der Waals surface area contributed by atoms with E-state index in [0.29, 0.717) is 44.3 Å². The van der Waals surface area contributed by atoms with Gasteiger partial charge in [0.2, 0.25) is 5.91 Å². The van der Waals surface area contributed by atoms with Crippen molar-refractivity contribution in [3.8, 4) is 0 Å². The van der Waals surface area contributed by atoms with Crippen molar-refractivity contribution in [2.24, 2.45) is 0 Å². The van der Waals surface area contributed by atoms with E-state index in [1.165, 1.54) is 18.2 Å². The topological polar surface area (TPSA) is 145 Å². The molecule has 5 rings (SSSR count). The molecule has 2 aromatic carbocycles. The molecule has 1 aliphatic heterocycles. The largest absolute Gasteiger partial charge is 0.361 e. The van der Waals surface area contributed by atoms with Crippen molar-refractivity contribution < 1.29 is 18.9 Å². The minimum Gasteiger partial charge on any atom is -0.361 e. The highest BCUT2D eigenvalue weighted by Gasteiger charge is 2.41. The molecule has 0 aliphatic carbocycles. The number of rotatable bonds is 7. The van der Waals surface area contributed by atoms with Crippen molar-refractivity contribution in [3.63, 3.8) is 0 Å². The number of amides is 2. The molecule has 0 spiro atoms. The number of carbonyl (C=O) groups is 2. The van der Waals surface area contributed by atoms with Gasteiger partial charge < -0.3 is 25.9 Å². The van der Waals surface area contributed by atoms with Gasteiger partial charge in [0.15, 0.2) is 0 Å². The summed E-state index contributed by atoms with van der Waals surface area (Å²) in [5.41, 5.74) is 0.847. The van der Waals surface area contributed by atoms with E-state index in [0.717, 1.165) is 16.5 Å². The van der Waals surface area contributed by atoms with Gasteiger partial charge in [-0.2, -0.15) is 0 Å². The first-order chi connectivity index (χ1) is 17.4. The summed E-state index contributed by atoms with van der Waals surface area (Å²) in [6.45, 7) is 1.41. The number of nitro groups is 1. The van der Waals surface area contributed by atoms with Gasteiger partial charge >= 0.3 is 0 Å². The van der Waals surface area contributed by atoms with Crippen molar-refractivity contribution in [2.75, 3.05) is 19.6 Å². The Morgan fingerprint density at radius 3 is 2.72 bits per heavy atom. The highest BCUT2D eigenvalue weighted by atomic mass is 19.1. The number of nitro benzene ring substituents is 1. The Morgan fingerprint density at radius 2 is 1.94 bits per heavy atom. The zero-order chi connectivity index (χ0) is 25.3. The average molecular weight is 493 g/mol. The van der Waals surface area contributed by atoms with Gasteiger partial charge in [0.1, 0.15) is 22.6 Å². The Kier molecular flexibility index (Phi) is 6.15. The Balaban J connectivity index is 1.31. The molecule has 5 N–H and O–H groups in total. The number of carbonyl (C=O) groups excluding carboxylic acids is 2. The summed E-state index contributed by atoms with van der Waals surface area (Å²) in [6.07, 6.45) is 3.07. The number of fused-ring (bicyclic) bond motifs is 2. The van der Waals surface area contributed by atoms with Crippen LogP contribution >= 0.6 is 0 Å². The van der Waals surface area contributed by atoms with Crippen molar-refractivity contribution in [1.29, 1.82) is 0 Å². The maximum Gasteiger partial charge on any atom is 0.293 e. The minimum atomic E-state index is -1.13. The van der Waals surface area contributed by atoms with Crippen molar-refractivity contribution in [1.82, 2.24) is 25.9 Å². The molecule has 1 saturated heterocycles. The van der Waals surface area contributed by atoms with Gasteiger partial charge in [0.25, 0.3) is 11.6 Å². The highest BCUT2D eigenvalue weighted by molar-refractivity contribution is 6.02. The molecule has 10 nitrogen and oxygen atoms in total. The number of piperidine rings is 1.